The van der Waals surface area contributed by atoms with Gasteiger partial charge < -0.3 is 5.73 Å². The second kappa shape index (κ2) is 7.77. The van der Waals surface area contributed by atoms with Crippen molar-refractivity contribution < 1.29 is 13.2 Å². The monoisotopic (exact) mass is 438 g/mol. The van der Waals surface area contributed by atoms with Gasteiger partial charge in [-0.3, -0.25) is 9.52 Å². The quantitative estimate of drug-likeness (QED) is 0.477. The van der Waals surface area contributed by atoms with Gasteiger partial charge >= 0.3 is 0 Å². The minimum Gasteiger partial charge on any atom is -0.366 e. The van der Waals surface area contributed by atoms with Crippen LogP contribution in [0, 0.1) is 6.92 Å². The van der Waals surface area contributed by atoms with E-state index in [2.05, 4.69) is 9.82 Å². The molecular weight excluding hydrogens is 420 g/mol. The van der Waals surface area contributed by atoms with Crippen LogP contribution in [0.1, 0.15) is 15.9 Å². The van der Waals surface area contributed by atoms with Crippen LogP contribution in [0.15, 0.2) is 77.0 Å². The number of anilines is 1. The van der Waals surface area contributed by atoms with E-state index in [4.69, 9.17) is 5.73 Å². The number of nitrogens with one attached hydrogen (secondary N) is 1. The Morgan fingerprint density at radius 1 is 1.07 bits per heavy atom. The summed E-state index contributed by atoms with van der Waals surface area (Å²) < 4.78 is 30.2. The van der Waals surface area contributed by atoms with Gasteiger partial charge in [-0.2, -0.15) is 5.10 Å². The third-order valence-corrected chi connectivity index (χ3v) is 6.78. The van der Waals surface area contributed by atoms with Crippen LogP contribution in [-0.2, 0) is 10.0 Å². The van der Waals surface area contributed by atoms with E-state index in [1.165, 1.54) is 35.6 Å². The van der Waals surface area contributed by atoms with Gasteiger partial charge in [0.05, 0.1) is 15.5 Å². The van der Waals surface area contributed by atoms with Crippen LogP contribution in [-0.4, -0.2) is 24.1 Å². The second-order valence-electron chi connectivity index (χ2n) is 6.58. The van der Waals surface area contributed by atoms with Crippen molar-refractivity contribution in [2.24, 2.45) is 5.73 Å². The summed E-state index contributed by atoms with van der Waals surface area (Å²) in [4.78, 5) is 12.2. The predicted octanol–water partition coefficient (Wildman–Crippen LogP) is 3.81. The molecule has 0 spiro atoms. The van der Waals surface area contributed by atoms with Crippen LogP contribution < -0.4 is 10.5 Å². The van der Waals surface area contributed by atoms with Crippen LogP contribution in [0.3, 0.4) is 0 Å². The summed E-state index contributed by atoms with van der Waals surface area (Å²) in [6.07, 6.45) is 0. The van der Waals surface area contributed by atoms with Gasteiger partial charge in [-0.1, -0.05) is 24.3 Å². The highest BCUT2D eigenvalue weighted by atomic mass is 32.2. The van der Waals surface area contributed by atoms with E-state index < -0.39 is 15.9 Å². The summed E-state index contributed by atoms with van der Waals surface area (Å²) in [6.45, 7) is 1.93. The molecule has 2 aromatic heterocycles. The molecule has 0 radical (unpaired) electrons. The summed E-state index contributed by atoms with van der Waals surface area (Å²) in [5.41, 5.74) is 7.84. The Hall–Kier alpha value is -3.43. The topological polar surface area (TPSA) is 107 Å². The van der Waals surface area contributed by atoms with Crippen molar-refractivity contribution in [1.29, 1.82) is 0 Å². The van der Waals surface area contributed by atoms with Gasteiger partial charge in [-0.25, -0.2) is 13.1 Å². The molecule has 30 heavy (non-hydrogen) atoms. The highest BCUT2D eigenvalue weighted by Gasteiger charge is 2.20. The number of sulfonamides is 1. The smallest absolute Gasteiger partial charge is 0.263 e. The van der Waals surface area contributed by atoms with Crippen LogP contribution in [0.4, 0.5) is 5.82 Å². The summed E-state index contributed by atoms with van der Waals surface area (Å²) in [5, 5.41) is 6.57. The number of para-hydroxylation sites is 1. The molecule has 0 saturated heterocycles. The number of rotatable bonds is 6. The number of primary amides is 1. The average Bonchev–Trinajstić information content (AvgIpc) is 3.38. The Kier molecular flexibility index (Phi) is 5.15. The van der Waals surface area contributed by atoms with Gasteiger partial charge in [0.1, 0.15) is 11.5 Å². The average molecular weight is 439 g/mol. The van der Waals surface area contributed by atoms with E-state index in [0.717, 1.165) is 16.1 Å². The number of hydrogen-bond acceptors (Lipinski definition) is 5. The maximum atomic E-state index is 13.0. The van der Waals surface area contributed by atoms with Crippen molar-refractivity contribution in [1.82, 2.24) is 9.78 Å². The molecule has 0 aliphatic carbocycles. The Balaban J connectivity index is 1.77. The zero-order valence-electron chi connectivity index (χ0n) is 15.9. The van der Waals surface area contributed by atoms with Crippen molar-refractivity contribution in [3.63, 3.8) is 0 Å². The number of thiophene rings is 1. The number of carbonyl (C=O) groups excluding carboxylic acids is 1. The SMILES string of the molecule is Cc1ccccc1-n1nc(-c2cccs2)cc1NS(=O)(=O)c1ccc(C(N)=O)cc1. The number of aryl methyl sites for hydroxylation is 1. The lowest BCUT2D eigenvalue weighted by molar-refractivity contribution is 0.1000. The second-order valence-corrected chi connectivity index (χ2v) is 9.21. The third kappa shape index (κ3) is 3.85. The number of nitrogens with two attached hydrogens (primary N) is 1. The van der Waals surface area contributed by atoms with Gasteiger partial charge in [0, 0.05) is 11.6 Å². The van der Waals surface area contributed by atoms with Gasteiger partial charge in [-0.05, 0) is 54.3 Å². The molecule has 7 nitrogen and oxygen atoms in total. The lowest BCUT2D eigenvalue weighted by atomic mass is 10.2. The van der Waals surface area contributed by atoms with Gasteiger partial charge in [0.2, 0.25) is 5.91 Å². The molecule has 0 atom stereocenters. The van der Waals surface area contributed by atoms with E-state index in [0.29, 0.717) is 11.5 Å². The molecule has 2 aromatic carbocycles. The Bertz CT molecular complexity index is 1310. The first-order valence-electron chi connectivity index (χ1n) is 8.98. The molecule has 4 rings (SSSR count). The Labute approximate surface area is 177 Å². The summed E-state index contributed by atoms with van der Waals surface area (Å²) in [7, 11) is -3.91. The molecule has 9 heteroatoms. The number of hydrogen-bond donors (Lipinski definition) is 2. The maximum absolute atomic E-state index is 13.0. The molecular formula is C21H18N4O3S2. The number of benzene rings is 2. The first kappa shape index (κ1) is 19.9. The largest absolute Gasteiger partial charge is 0.366 e. The van der Waals surface area contributed by atoms with E-state index in [-0.39, 0.29) is 10.5 Å². The predicted molar refractivity (Wildman–Crippen MR) is 117 cm³/mol. The first-order chi connectivity index (χ1) is 14.3. The number of amides is 1. The first-order valence-corrected chi connectivity index (χ1v) is 11.3. The van der Waals surface area contributed by atoms with E-state index in [1.807, 2.05) is 48.7 Å². The zero-order valence-corrected chi connectivity index (χ0v) is 17.6. The fraction of sp³-hybridized carbons (Fsp3) is 0.0476. The lowest BCUT2D eigenvalue weighted by Gasteiger charge is -2.12. The van der Waals surface area contributed by atoms with Crippen molar-refractivity contribution >= 4 is 33.1 Å². The number of nitrogens with zero attached hydrogens (tertiary/aromatic N) is 2. The highest BCUT2D eigenvalue weighted by molar-refractivity contribution is 7.92. The minimum atomic E-state index is -3.91. The highest BCUT2D eigenvalue weighted by Crippen LogP contribution is 2.30. The number of aromatic nitrogens is 2. The minimum absolute atomic E-state index is 0.0164. The molecule has 0 fully saturated rings. The molecule has 152 valence electrons. The van der Waals surface area contributed by atoms with Gasteiger partial charge in [-0.15, -0.1) is 11.3 Å². The van der Waals surface area contributed by atoms with Crippen LogP contribution in [0.5, 0.6) is 0 Å². The zero-order chi connectivity index (χ0) is 21.3. The molecule has 0 unspecified atom stereocenters. The van der Waals surface area contributed by atoms with Crippen LogP contribution in [0.2, 0.25) is 0 Å². The van der Waals surface area contributed by atoms with Gasteiger partial charge in [0.15, 0.2) is 0 Å². The van der Waals surface area contributed by atoms with Gasteiger partial charge in [0.25, 0.3) is 10.0 Å². The summed E-state index contributed by atoms with van der Waals surface area (Å²) in [5.74, 6) is -0.309. The molecule has 0 bridgehead atoms. The Morgan fingerprint density at radius 3 is 2.43 bits per heavy atom. The van der Waals surface area contributed by atoms with E-state index in [9.17, 15) is 13.2 Å². The molecule has 4 aromatic rings. The Morgan fingerprint density at radius 2 is 1.80 bits per heavy atom. The van der Waals surface area contributed by atoms with Crippen molar-refractivity contribution in [2.45, 2.75) is 11.8 Å². The van der Waals surface area contributed by atoms with Crippen LogP contribution in [0.25, 0.3) is 16.3 Å². The van der Waals surface area contributed by atoms with E-state index >= 15 is 0 Å². The molecule has 0 saturated carbocycles. The van der Waals surface area contributed by atoms with E-state index in [1.54, 1.807) is 10.7 Å². The summed E-state index contributed by atoms with van der Waals surface area (Å²) >= 11 is 1.52. The standard InChI is InChI=1S/C21H18N4O3S2/c1-14-5-2-3-6-18(14)25-20(13-17(23-25)19-7-4-12-29-19)24-30(27,28)16-10-8-15(9-11-16)21(22)26/h2-13,24H,1H3,(H2,22,26). The fourth-order valence-electron chi connectivity index (χ4n) is 2.98. The molecule has 0 aliphatic rings. The fourth-order valence-corrected chi connectivity index (χ4v) is 4.69. The third-order valence-electron chi connectivity index (χ3n) is 4.51. The maximum Gasteiger partial charge on any atom is 0.263 e. The summed E-state index contributed by atoms with van der Waals surface area (Å²) in [6, 6.07) is 18.6. The van der Waals surface area contributed by atoms with Crippen molar-refractivity contribution in [3.05, 3.63) is 83.2 Å². The molecule has 0 aliphatic heterocycles. The van der Waals surface area contributed by atoms with Crippen LogP contribution >= 0.6 is 11.3 Å². The van der Waals surface area contributed by atoms with Crippen molar-refractivity contribution in [2.75, 3.05) is 4.72 Å². The molecule has 2 heterocycles. The number of carbonyl (C=O) groups is 1. The molecule has 3 N–H and O–H groups in total. The van der Waals surface area contributed by atoms with Crippen molar-refractivity contribution in [3.8, 4) is 16.3 Å². The lowest BCUT2D eigenvalue weighted by Crippen LogP contribution is -2.17. The molecule has 1 amide bonds. The normalized spacial score (nSPS) is 11.4.